The lowest BCUT2D eigenvalue weighted by atomic mass is 10.3. The van der Waals surface area contributed by atoms with Crippen molar-refractivity contribution in [1.29, 1.82) is 0 Å². The topological polar surface area (TPSA) is 145 Å². The van der Waals surface area contributed by atoms with Gasteiger partial charge in [-0.25, -0.2) is 0 Å². The molecule has 0 aromatic carbocycles. The van der Waals surface area contributed by atoms with Gasteiger partial charge >= 0.3 is 0 Å². The summed E-state index contributed by atoms with van der Waals surface area (Å²) in [4.78, 5) is 45.9. The van der Waals surface area contributed by atoms with Crippen LogP contribution in [0.5, 0.6) is 0 Å². The third kappa shape index (κ3) is 3.61. The third-order valence-electron chi connectivity index (χ3n) is 3.00. The molecule has 10 heteroatoms. The summed E-state index contributed by atoms with van der Waals surface area (Å²) in [5.74, 6) is -1.49. The molecule has 24 heavy (non-hydrogen) atoms. The maximum Gasteiger partial charge on any atom is 0.283 e. The Morgan fingerprint density at radius 2 is 1.42 bits per heavy atom. The largest absolute Gasteiger partial charge is 0.803 e. The van der Waals surface area contributed by atoms with Crippen molar-refractivity contribution < 1.29 is 14.8 Å². The van der Waals surface area contributed by atoms with E-state index in [1.165, 1.54) is 24.3 Å². The molecule has 126 valence electrons. The van der Waals surface area contributed by atoms with Gasteiger partial charge in [0.15, 0.2) is 0 Å². The van der Waals surface area contributed by atoms with Gasteiger partial charge < -0.3 is 25.8 Å². The van der Waals surface area contributed by atoms with Crippen LogP contribution in [-0.4, -0.2) is 39.6 Å². The van der Waals surface area contributed by atoms with E-state index in [-0.39, 0.29) is 33.9 Å². The molecule has 0 saturated carbocycles. The Morgan fingerprint density at radius 1 is 0.917 bits per heavy atom. The van der Waals surface area contributed by atoms with Crippen molar-refractivity contribution in [3.05, 3.63) is 73.7 Å². The number of aromatic nitrogens is 2. The summed E-state index contributed by atoms with van der Waals surface area (Å²) in [6, 6.07) is 7.14. The number of amides is 2. The second-order valence-corrected chi connectivity index (χ2v) is 4.62. The molecule has 2 rings (SSSR count). The van der Waals surface area contributed by atoms with Crippen LogP contribution in [0.15, 0.2) is 46.0 Å². The van der Waals surface area contributed by atoms with Crippen LogP contribution >= 0.6 is 0 Å². The van der Waals surface area contributed by atoms with Gasteiger partial charge in [-0.3, -0.25) is 19.2 Å². The fourth-order valence-electron chi connectivity index (χ4n) is 1.83. The van der Waals surface area contributed by atoms with Gasteiger partial charge in [-0.05, 0) is 12.1 Å². The Hall–Kier alpha value is -3.56. The minimum Gasteiger partial charge on any atom is -0.803 e. The van der Waals surface area contributed by atoms with Gasteiger partial charge in [-0.15, -0.1) is 4.73 Å². The Morgan fingerprint density at radius 3 is 2.04 bits per heavy atom. The van der Waals surface area contributed by atoms with Crippen LogP contribution in [-0.2, 0) is 0 Å². The van der Waals surface area contributed by atoms with Crippen molar-refractivity contribution in [2.24, 2.45) is 0 Å². The lowest BCUT2D eigenvalue weighted by molar-refractivity contribution is 0.0881. The van der Waals surface area contributed by atoms with Crippen LogP contribution in [0.2, 0.25) is 0 Å². The lowest BCUT2D eigenvalue weighted by Gasteiger charge is -2.15. The number of carbonyl (C=O) groups is 2. The zero-order chi connectivity index (χ0) is 17.7. The SMILES string of the molecule is O=C(NCCNC(=O)c1cccc(=O)n1O)c1cccc(=O)n1[O-]. The summed E-state index contributed by atoms with van der Waals surface area (Å²) in [6.07, 6.45) is 0. The molecule has 2 aromatic rings. The average Bonchev–Trinajstić information content (AvgIpc) is 2.56. The first kappa shape index (κ1) is 16.8. The molecule has 0 atom stereocenters. The van der Waals surface area contributed by atoms with Crippen molar-refractivity contribution in [1.82, 2.24) is 20.1 Å². The minimum atomic E-state index is -0.860. The van der Waals surface area contributed by atoms with Crippen LogP contribution in [0.25, 0.3) is 0 Å². The lowest BCUT2D eigenvalue weighted by Crippen LogP contribution is -2.38. The standard InChI is InChI=1S/C14H13N4O6/c19-11-5-1-3-9(17(11)23)13(21)15-7-8-16-14(22)10-4-2-6-12(20)18(10)24/h1-6,23H,7-8H2,(H,15,21)(H,16,22)/q-1. The highest BCUT2D eigenvalue weighted by Crippen LogP contribution is 1.95. The summed E-state index contributed by atoms with van der Waals surface area (Å²) < 4.78 is 0.163. The van der Waals surface area contributed by atoms with Crippen molar-refractivity contribution in [3.8, 4) is 0 Å². The van der Waals surface area contributed by atoms with Gasteiger partial charge in [0.05, 0.1) is 0 Å². The molecule has 0 aliphatic heterocycles. The molecule has 0 saturated heterocycles. The van der Waals surface area contributed by atoms with Crippen LogP contribution in [0.3, 0.4) is 0 Å². The summed E-state index contributed by atoms with van der Waals surface area (Å²) in [6.45, 7) is -0.0558. The van der Waals surface area contributed by atoms with Gasteiger partial charge in [-0.1, -0.05) is 12.1 Å². The van der Waals surface area contributed by atoms with Crippen molar-refractivity contribution in [3.63, 3.8) is 0 Å². The fraction of sp³-hybridized carbons (Fsp3) is 0.143. The van der Waals surface area contributed by atoms with E-state index in [1.54, 1.807) is 0 Å². The van der Waals surface area contributed by atoms with E-state index in [0.29, 0.717) is 0 Å². The maximum absolute atomic E-state index is 11.8. The van der Waals surface area contributed by atoms with Crippen LogP contribution < -0.4 is 21.8 Å². The third-order valence-corrected chi connectivity index (χ3v) is 3.00. The number of nitrogens with zero attached hydrogens (tertiary/aromatic N) is 2. The van der Waals surface area contributed by atoms with Gasteiger partial charge in [-0.2, -0.15) is 0 Å². The molecule has 0 radical (unpaired) electrons. The molecule has 3 N–H and O–H groups in total. The van der Waals surface area contributed by atoms with Gasteiger partial charge in [0.25, 0.3) is 17.4 Å². The predicted octanol–water partition coefficient (Wildman–Crippen LogP) is -1.25. The number of hydrogen-bond acceptors (Lipinski definition) is 6. The van der Waals surface area contributed by atoms with Crippen molar-refractivity contribution in [2.45, 2.75) is 0 Å². The van der Waals surface area contributed by atoms with E-state index in [1.807, 2.05) is 0 Å². The molecule has 0 aliphatic carbocycles. The highest BCUT2D eigenvalue weighted by Gasteiger charge is 2.11. The first-order valence-electron chi connectivity index (χ1n) is 6.79. The smallest absolute Gasteiger partial charge is 0.283 e. The Labute approximate surface area is 134 Å². The number of rotatable bonds is 5. The van der Waals surface area contributed by atoms with E-state index in [2.05, 4.69) is 10.6 Å². The Bertz CT molecular complexity index is 812. The second-order valence-electron chi connectivity index (χ2n) is 4.62. The molecule has 10 nitrogen and oxygen atoms in total. The van der Waals surface area contributed by atoms with E-state index < -0.39 is 22.9 Å². The summed E-state index contributed by atoms with van der Waals surface area (Å²) in [5.41, 5.74) is -2.24. The highest BCUT2D eigenvalue weighted by molar-refractivity contribution is 5.93. The maximum atomic E-state index is 11.8. The number of nitrogens with one attached hydrogen (secondary N) is 2. The summed E-state index contributed by atoms with van der Waals surface area (Å²) in [5, 5.41) is 25.6. The number of pyridine rings is 2. The van der Waals surface area contributed by atoms with E-state index in [4.69, 9.17) is 0 Å². The normalized spacial score (nSPS) is 10.2. The van der Waals surface area contributed by atoms with Crippen LogP contribution in [0.4, 0.5) is 0 Å². The van der Waals surface area contributed by atoms with E-state index in [0.717, 1.165) is 12.1 Å². The summed E-state index contributed by atoms with van der Waals surface area (Å²) in [7, 11) is 0. The predicted molar refractivity (Wildman–Crippen MR) is 82.0 cm³/mol. The molecule has 0 fully saturated rings. The van der Waals surface area contributed by atoms with Crippen LogP contribution in [0, 0.1) is 5.21 Å². The zero-order valence-electron chi connectivity index (χ0n) is 12.3. The first-order chi connectivity index (χ1) is 11.4. The molecule has 0 spiro atoms. The molecular formula is C14H13N4O6-. The van der Waals surface area contributed by atoms with Gasteiger partial charge in [0, 0.05) is 25.2 Å². The van der Waals surface area contributed by atoms with Crippen molar-refractivity contribution in [2.75, 3.05) is 13.1 Å². The highest BCUT2D eigenvalue weighted by atomic mass is 16.5. The molecule has 0 unspecified atom stereocenters. The van der Waals surface area contributed by atoms with Gasteiger partial charge in [0.1, 0.15) is 11.4 Å². The average molecular weight is 333 g/mol. The number of carbonyl (C=O) groups excluding carboxylic acids is 2. The van der Waals surface area contributed by atoms with Crippen LogP contribution in [0.1, 0.15) is 21.0 Å². The minimum absolute atomic E-state index is 0.0242. The van der Waals surface area contributed by atoms with Crippen molar-refractivity contribution >= 4 is 11.8 Å². The molecule has 0 aliphatic rings. The van der Waals surface area contributed by atoms with Gasteiger partial charge in [0.2, 0.25) is 5.56 Å². The Kier molecular flexibility index (Phi) is 5.00. The fourth-order valence-corrected chi connectivity index (χ4v) is 1.83. The molecule has 2 aromatic heterocycles. The summed E-state index contributed by atoms with van der Waals surface area (Å²) >= 11 is 0. The first-order valence-corrected chi connectivity index (χ1v) is 6.79. The number of hydrogen-bond donors (Lipinski definition) is 3. The zero-order valence-corrected chi connectivity index (χ0v) is 12.3. The molecule has 0 bridgehead atoms. The molecule has 2 amide bonds. The monoisotopic (exact) mass is 333 g/mol. The van der Waals surface area contributed by atoms with E-state index in [9.17, 15) is 29.6 Å². The molecule has 2 heterocycles. The second kappa shape index (κ2) is 7.13. The van der Waals surface area contributed by atoms with E-state index >= 15 is 0 Å². The molecular weight excluding hydrogens is 320 g/mol. The Balaban J connectivity index is 1.89. The quantitative estimate of drug-likeness (QED) is 0.460.